The Morgan fingerprint density at radius 3 is 2.78 bits per heavy atom. The van der Waals surface area contributed by atoms with Gasteiger partial charge in [-0.2, -0.15) is 0 Å². The van der Waals surface area contributed by atoms with E-state index in [0.717, 1.165) is 24.4 Å². The van der Waals surface area contributed by atoms with E-state index in [1.54, 1.807) is 11.3 Å². The summed E-state index contributed by atoms with van der Waals surface area (Å²) in [6, 6.07) is -0.0356. The second-order valence-electron chi connectivity index (χ2n) is 5.72. The Labute approximate surface area is 142 Å². The molecule has 0 saturated carbocycles. The normalized spacial score (nSPS) is 20.7. The van der Waals surface area contributed by atoms with Gasteiger partial charge in [-0.1, -0.05) is 6.92 Å². The van der Waals surface area contributed by atoms with Gasteiger partial charge in [-0.25, -0.2) is 13.4 Å². The van der Waals surface area contributed by atoms with Crippen LogP contribution in [0.25, 0.3) is 0 Å². The molecule has 2 heterocycles. The Bertz CT molecular complexity index is 652. The number of aromatic nitrogens is 1. The highest BCUT2D eigenvalue weighted by Gasteiger charge is 2.28. The van der Waals surface area contributed by atoms with E-state index >= 15 is 0 Å². The molecule has 2 N–H and O–H groups in total. The molecule has 1 fully saturated rings. The van der Waals surface area contributed by atoms with Crippen LogP contribution in [0, 0.1) is 6.92 Å². The zero-order valence-electron chi connectivity index (χ0n) is 14.1. The monoisotopic (exact) mass is 358 g/mol. The van der Waals surface area contributed by atoms with E-state index in [9.17, 15) is 8.42 Å². The van der Waals surface area contributed by atoms with E-state index in [0.29, 0.717) is 18.9 Å². The zero-order valence-corrected chi connectivity index (χ0v) is 15.7. The third-order valence-corrected chi connectivity index (χ3v) is 6.63. The summed E-state index contributed by atoms with van der Waals surface area (Å²) in [5, 5.41) is 7.52. The topological polar surface area (TPSA) is 83.4 Å². The fourth-order valence-corrected chi connectivity index (χ4v) is 5.29. The second kappa shape index (κ2) is 8.10. The number of aryl methyl sites for hydroxylation is 2. The predicted molar refractivity (Wildman–Crippen MR) is 96.1 cm³/mol. The average molecular weight is 359 g/mol. The Hall–Kier alpha value is -1.15. The van der Waals surface area contributed by atoms with Crippen LogP contribution in [0.5, 0.6) is 0 Å². The number of guanidine groups is 1. The van der Waals surface area contributed by atoms with Gasteiger partial charge in [0.25, 0.3) is 0 Å². The van der Waals surface area contributed by atoms with Crippen molar-refractivity contribution in [2.24, 2.45) is 4.99 Å². The Morgan fingerprint density at radius 1 is 1.43 bits per heavy atom. The first-order valence-corrected chi connectivity index (χ1v) is 10.8. The highest BCUT2D eigenvalue weighted by molar-refractivity contribution is 7.91. The first kappa shape index (κ1) is 18.2. The molecule has 1 aromatic rings. The molecular formula is C15H26N4O2S2. The molecule has 0 amide bonds. The quantitative estimate of drug-likeness (QED) is 0.591. The van der Waals surface area contributed by atoms with Crippen molar-refractivity contribution in [2.45, 2.75) is 46.1 Å². The minimum atomic E-state index is -2.88. The molecule has 1 atom stereocenters. The van der Waals surface area contributed by atoms with Crippen LogP contribution >= 0.6 is 11.3 Å². The van der Waals surface area contributed by atoms with Crippen LogP contribution in [0.2, 0.25) is 0 Å². The van der Waals surface area contributed by atoms with Crippen molar-refractivity contribution < 1.29 is 8.42 Å². The number of aliphatic imine (C=N–C) groups is 1. The van der Waals surface area contributed by atoms with Crippen LogP contribution in [0.15, 0.2) is 4.99 Å². The maximum atomic E-state index is 11.5. The highest BCUT2D eigenvalue weighted by Crippen LogP contribution is 2.18. The van der Waals surface area contributed by atoms with Crippen LogP contribution in [-0.2, 0) is 22.7 Å². The van der Waals surface area contributed by atoms with E-state index < -0.39 is 9.84 Å². The molecule has 1 unspecified atom stereocenters. The highest BCUT2D eigenvalue weighted by atomic mass is 32.2. The smallest absolute Gasteiger partial charge is 0.191 e. The molecule has 8 heteroatoms. The maximum absolute atomic E-state index is 11.5. The predicted octanol–water partition coefficient (Wildman–Crippen LogP) is 1.30. The lowest BCUT2D eigenvalue weighted by Gasteiger charge is -2.15. The number of nitrogens with one attached hydrogen (secondary N) is 2. The van der Waals surface area contributed by atoms with Gasteiger partial charge in [0, 0.05) is 30.4 Å². The zero-order chi connectivity index (χ0) is 16.9. The van der Waals surface area contributed by atoms with Gasteiger partial charge in [-0.15, -0.1) is 11.3 Å². The van der Waals surface area contributed by atoms with Gasteiger partial charge in [-0.05, 0) is 26.7 Å². The molecule has 1 saturated heterocycles. The Kier molecular flexibility index (Phi) is 6.41. The fourth-order valence-electron chi connectivity index (χ4n) is 2.61. The first-order chi connectivity index (χ1) is 10.9. The molecule has 1 aliphatic rings. The minimum absolute atomic E-state index is 0.0356. The lowest BCUT2D eigenvalue weighted by atomic mass is 10.3. The summed E-state index contributed by atoms with van der Waals surface area (Å²) in [7, 11) is -2.88. The van der Waals surface area contributed by atoms with E-state index in [-0.39, 0.29) is 17.5 Å². The minimum Gasteiger partial charge on any atom is -0.357 e. The van der Waals surface area contributed by atoms with Crippen LogP contribution in [0.3, 0.4) is 0 Å². The van der Waals surface area contributed by atoms with Gasteiger partial charge >= 0.3 is 0 Å². The molecule has 130 valence electrons. The van der Waals surface area contributed by atoms with Gasteiger partial charge in [0.2, 0.25) is 0 Å². The van der Waals surface area contributed by atoms with Gasteiger partial charge < -0.3 is 10.6 Å². The van der Waals surface area contributed by atoms with Crippen molar-refractivity contribution in [1.29, 1.82) is 0 Å². The summed E-state index contributed by atoms with van der Waals surface area (Å²) in [5.41, 5.74) is 1.18. The van der Waals surface area contributed by atoms with Crippen molar-refractivity contribution in [1.82, 2.24) is 15.6 Å². The van der Waals surface area contributed by atoms with Crippen LogP contribution in [0.4, 0.5) is 0 Å². The molecule has 2 rings (SSSR count). The third kappa shape index (κ3) is 5.46. The fraction of sp³-hybridized carbons (Fsp3) is 0.733. The summed E-state index contributed by atoms with van der Waals surface area (Å²) in [5.74, 6) is 1.16. The summed E-state index contributed by atoms with van der Waals surface area (Å²) in [6.45, 7) is 7.62. The molecular weight excluding hydrogens is 332 g/mol. The third-order valence-electron chi connectivity index (χ3n) is 3.78. The van der Waals surface area contributed by atoms with E-state index in [4.69, 9.17) is 0 Å². The van der Waals surface area contributed by atoms with Crippen LogP contribution in [-0.4, -0.2) is 50.0 Å². The maximum Gasteiger partial charge on any atom is 0.191 e. The van der Waals surface area contributed by atoms with Crippen molar-refractivity contribution in [3.8, 4) is 0 Å². The molecule has 0 spiro atoms. The summed E-state index contributed by atoms with van der Waals surface area (Å²) in [6.07, 6.45) is 2.43. The summed E-state index contributed by atoms with van der Waals surface area (Å²) < 4.78 is 23.1. The summed E-state index contributed by atoms with van der Waals surface area (Å²) >= 11 is 1.74. The molecule has 1 aliphatic heterocycles. The molecule has 0 aromatic carbocycles. The van der Waals surface area contributed by atoms with Gasteiger partial charge in [0.1, 0.15) is 0 Å². The van der Waals surface area contributed by atoms with Gasteiger partial charge in [0.05, 0.1) is 22.2 Å². The molecule has 6 nitrogen and oxygen atoms in total. The van der Waals surface area contributed by atoms with E-state index in [1.165, 1.54) is 10.6 Å². The van der Waals surface area contributed by atoms with Crippen molar-refractivity contribution in [2.75, 3.05) is 24.6 Å². The number of rotatable bonds is 6. The standard InChI is InChI=1S/C15H26N4O2S2/c1-4-13-11(3)22-14(19-13)6-8-17-15(16-5-2)18-12-7-9-23(20,21)10-12/h12H,4-10H2,1-3H3,(H2,16,17,18). The second-order valence-corrected chi connectivity index (χ2v) is 9.24. The largest absolute Gasteiger partial charge is 0.357 e. The average Bonchev–Trinajstić information content (AvgIpc) is 3.01. The van der Waals surface area contributed by atoms with E-state index in [1.807, 2.05) is 6.92 Å². The van der Waals surface area contributed by atoms with Crippen LogP contribution in [0.1, 0.15) is 35.8 Å². The summed E-state index contributed by atoms with van der Waals surface area (Å²) in [4.78, 5) is 10.5. The molecule has 0 radical (unpaired) electrons. The first-order valence-electron chi connectivity index (χ1n) is 8.14. The van der Waals surface area contributed by atoms with Crippen molar-refractivity contribution in [3.63, 3.8) is 0 Å². The van der Waals surface area contributed by atoms with Crippen molar-refractivity contribution >= 4 is 27.1 Å². The van der Waals surface area contributed by atoms with E-state index in [2.05, 4.69) is 34.5 Å². The Morgan fingerprint density at radius 2 is 2.22 bits per heavy atom. The molecule has 0 bridgehead atoms. The lowest BCUT2D eigenvalue weighted by molar-refractivity contribution is 0.599. The number of hydrogen-bond acceptors (Lipinski definition) is 5. The number of nitrogens with zero attached hydrogens (tertiary/aromatic N) is 2. The molecule has 0 aliphatic carbocycles. The number of hydrogen-bond donors (Lipinski definition) is 2. The van der Waals surface area contributed by atoms with Crippen LogP contribution < -0.4 is 10.6 Å². The number of sulfone groups is 1. The van der Waals surface area contributed by atoms with Crippen molar-refractivity contribution in [3.05, 3.63) is 15.6 Å². The Balaban J connectivity index is 1.90. The molecule has 1 aromatic heterocycles. The SMILES string of the molecule is CCNC(=NCCc1nc(CC)c(C)s1)NC1CCS(=O)(=O)C1. The van der Waals surface area contributed by atoms with Gasteiger partial charge in [-0.3, -0.25) is 4.99 Å². The lowest BCUT2D eigenvalue weighted by Crippen LogP contribution is -2.44. The van der Waals surface area contributed by atoms with Gasteiger partial charge in [0.15, 0.2) is 15.8 Å². The number of thiazole rings is 1. The molecule has 23 heavy (non-hydrogen) atoms.